The first-order chi connectivity index (χ1) is 11.8. The highest BCUT2D eigenvalue weighted by atomic mass is 32.1. The van der Waals surface area contributed by atoms with E-state index in [-0.39, 0.29) is 23.2 Å². The molecule has 3 N–H and O–H groups in total. The van der Waals surface area contributed by atoms with Gasteiger partial charge < -0.3 is 11.1 Å². The van der Waals surface area contributed by atoms with E-state index in [0.717, 1.165) is 24.5 Å². The Kier molecular flexibility index (Phi) is 5.12. The number of hydrogen-bond donors (Lipinski definition) is 2. The van der Waals surface area contributed by atoms with Crippen LogP contribution in [0.4, 0.5) is 10.1 Å². The molecule has 1 aromatic heterocycles. The third-order valence-corrected chi connectivity index (χ3v) is 5.42. The molecule has 0 spiro atoms. The number of hydrogen-bond acceptors (Lipinski definition) is 6. The molecule has 1 aliphatic rings. The highest BCUT2D eigenvalue weighted by Gasteiger charge is 2.33. The first kappa shape index (κ1) is 17.9. The lowest BCUT2D eigenvalue weighted by molar-refractivity contribution is 0.0896. The lowest BCUT2D eigenvalue weighted by atomic mass is 9.80. The fraction of sp³-hybridized carbons (Fsp3) is 0.471. The SMILES string of the molecule is CC1(C)CN(Cc2nnc(C(=O)Nc3ccc(F)cc3)s2)CCC1N. The van der Waals surface area contributed by atoms with Crippen LogP contribution in [0.3, 0.4) is 0 Å². The molecule has 2 heterocycles. The van der Waals surface area contributed by atoms with Gasteiger partial charge in [0.25, 0.3) is 5.91 Å². The summed E-state index contributed by atoms with van der Waals surface area (Å²) in [5.74, 6) is -0.684. The fourth-order valence-corrected chi connectivity index (χ4v) is 3.72. The van der Waals surface area contributed by atoms with Crippen LogP contribution in [0.2, 0.25) is 0 Å². The highest BCUT2D eigenvalue weighted by molar-refractivity contribution is 7.13. The molecular formula is C17H22FN5OS. The van der Waals surface area contributed by atoms with Crippen molar-refractivity contribution >= 4 is 22.9 Å². The molecule has 0 saturated carbocycles. The Morgan fingerprint density at radius 2 is 2.12 bits per heavy atom. The maximum Gasteiger partial charge on any atom is 0.286 e. The number of halogens is 1. The molecule has 1 fully saturated rings. The van der Waals surface area contributed by atoms with Crippen molar-refractivity contribution < 1.29 is 9.18 Å². The van der Waals surface area contributed by atoms with Gasteiger partial charge >= 0.3 is 0 Å². The molecular weight excluding hydrogens is 341 g/mol. The van der Waals surface area contributed by atoms with Crippen LogP contribution < -0.4 is 11.1 Å². The molecule has 25 heavy (non-hydrogen) atoms. The maximum absolute atomic E-state index is 12.9. The van der Waals surface area contributed by atoms with Crippen molar-refractivity contribution in [1.29, 1.82) is 0 Å². The van der Waals surface area contributed by atoms with E-state index in [9.17, 15) is 9.18 Å². The number of nitrogens with two attached hydrogens (primary N) is 1. The van der Waals surface area contributed by atoms with Crippen molar-refractivity contribution in [2.24, 2.45) is 11.1 Å². The minimum atomic E-state index is -0.347. The average Bonchev–Trinajstić information content (AvgIpc) is 3.01. The summed E-state index contributed by atoms with van der Waals surface area (Å²) in [7, 11) is 0. The molecule has 0 radical (unpaired) electrons. The van der Waals surface area contributed by atoms with Crippen molar-refractivity contribution in [2.45, 2.75) is 32.9 Å². The van der Waals surface area contributed by atoms with Crippen molar-refractivity contribution in [2.75, 3.05) is 18.4 Å². The highest BCUT2D eigenvalue weighted by Crippen LogP contribution is 2.29. The quantitative estimate of drug-likeness (QED) is 0.872. The molecule has 0 bridgehead atoms. The summed E-state index contributed by atoms with van der Waals surface area (Å²) in [6, 6.07) is 5.81. The van der Waals surface area contributed by atoms with Gasteiger partial charge in [-0.05, 0) is 36.1 Å². The van der Waals surface area contributed by atoms with E-state index in [2.05, 4.69) is 34.3 Å². The molecule has 1 amide bonds. The zero-order valence-corrected chi connectivity index (χ0v) is 15.1. The van der Waals surface area contributed by atoms with Gasteiger partial charge in [-0.2, -0.15) is 0 Å². The molecule has 0 aliphatic carbocycles. The number of anilines is 1. The van der Waals surface area contributed by atoms with Crippen molar-refractivity contribution in [3.05, 3.63) is 40.1 Å². The number of carbonyl (C=O) groups is 1. The van der Waals surface area contributed by atoms with Crippen molar-refractivity contribution in [3.63, 3.8) is 0 Å². The Morgan fingerprint density at radius 3 is 2.80 bits per heavy atom. The number of rotatable bonds is 4. The predicted molar refractivity (Wildman–Crippen MR) is 95.9 cm³/mol. The third-order valence-electron chi connectivity index (χ3n) is 4.51. The Morgan fingerprint density at radius 1 is 1.40 bits per heavy atom. The second kappa shape index (κ2) is 7.15. The van der Waals surface area contributed by atoms with Crippen molar-refractivity contribution in [3.8, 4) is 0 Å². The van der Waals surface area contributed by atoms with Gasteiger partial charge in [0.05, 0.1) is 6.54 Å². The summed E-state index contributed by atoms with van der Waals surface area (Å²) < 4.78 is 12.9. The molecule has 6 nitrogen and oxygen atoms in total. The number of nitrogens with zero attached hydrogens (tertiary/aromatic N) is 3. The summed E-state index contributed by atoms with van der Waals surface area (Å²) in [5, 5.41) is 11.9. The van der Waals surface area contributed by atoms with Crippen LogP contribution in [-0.2, 0) is 6.54 Å². The summed E-state index contributed by atoms with van der Waals surface area (Å²) in [6.07, 6.45) is 0.948. The molecule has 1 unspecified atom stereocenters. The number of piperidine rings is 1. The van der Waals surface area contributed by atoms with Gasteiger partial charge in [-0.15, -0.1) is 10.2 Å². The van der Waals surface area contributed by atoms with Crippen LogP contribution in [0.1, 0.15) is 35.1 Å². The number of amides is 1. The van der Waals surface area contributed by atoms with Crippen molar-refractivity contribution in [1.82, 2.24) is 15.1 Å². The lowest BCUT2D eigenvalue weighted by Gasteiger charge is -2.42. The van der Waals surface area contributed by atoms with Gasteiger partial charge in [0, 0.05) is 24.8 Å². The maximum atomic E-state index is 12.9. The Balaban J connectivity index is 1.60. The summed E-state index contributed by atoms with van der Waals surface area (Å²) in [6.45, 7) is 6.82. The minimum Gasteiger partial charge on any atom is -0.327 e. The summed E-state index contributed by atoms with van der Waals surface area (Å²) in [4.78, 5) is 14.5. The van der Waals surface area contributed by atoms with E-state index < -0.39 is 0 Å². The molecule has 134 valence electrons. The monoisotopic (exact) mass is 363 g/mol. The molecule has 1 atom stereocenters. The molecule has 2 aromatic rings. The second-order valence-electron chi connectivity index (χ2n) is 7.06. The van der Waals surface area contributed by atoms with Crippen LogP contribution in [0.25, 0.3) is 0 Å². The normalized spacial score (nSPS) is 20.4. The van der Waals surface area contributed by atoms with E-state index >= 15 is 0 Å². The Hall–Kier alpha value is -1.90. The van der Waals surface area contributed by atoms with Crippen LogP contribution in [0, 0.1) is 11.2 Å². The third kappa shape index (κ3) is 4.39. The molecule has 1 aliphatic heterocycles. The van der Waals surface area contributed by atoms with Gasteiger partial charge in [-0.25, -0.2) is 4.39 Å². The van der Waals surface area contributed by atoms with Crippen LogP contribution >= 0.6 is 11.3 Å². The summed E-state index contributed by atoms with van der Waals surface area (Å²) >= 11 is 1.28. The Bertz CT molecular complexity index is 746. The number of aromatic nitrogens is 2. The van der Waals surface area contributed by atoms with Crippen LogP contribution in [0.5, 0.6) is 0 Å². The van der Waals surface area contributed by atoms with Gasteiger partial charge in [0.2, 0.25) is 5.01 Å². The standard InChI is InChI=1S/C17H22FN5OS/c1-17(2)10-23(8-7-13(17)19)9-14-21-22-16(25-14)15(24)20-12-5-3-11(18)4-6-12/h3-6,13H,7-10,19H2,1-2H3,(H,20,24). The topological polar surface area (TPSA) is 84.1 Å². The number of benzene rings is 1. The van der Waals surface area contributed by atoms with E-state index in [1.807, 2.05) is 0 Å². The van der Waals surface area contributed by atoms with E-state index in [4.69, 9.17) is 5.73 Å². The van der Waals surface area contributed by atoms with E-state index in [0.29, 0.717) is 17.2 Å². The second-order valence-corrected chi connectivity index (χ2v) is 8.12. The zero-order chi connectivity index (χ0) is 18.0. The molecule has 1 aromatic carbocycles. The molecule has 3 rings (SSSR count). The van der Waals surface area contributed by atoms with Crippen LogP contribution in [0.15, 0.2) is 24.3 Å². The number of carbonyl (C=O) groups excluding carboxylic acids is 1. The average molecular weight is 363 g/mol. The van der Waals surface area contributed by atoms with E-state index in [1.165, 1.54) is 35.6 Å². The van der Waals surface area contributed by atoms with Gasteiger partial charge in [-0.1, -0.05) is 25.2 Å². The van der Waals surface area contributed by atoms with Crippen LogP contribution in [-0.4, -0.2) is 40.1 Å². The lowest BCUT2D eigenvalue weighted by Crippen LogP contribution is -2.52. The first-order valence-corrected chi connectivity index (χ1v) is 9.02. The zero-order valence-electron chi connectivity index (χ0n) is 14.3. The van der Waals surface area contributed by atoms with Gasteiger partial charge in [0.1, 0.15) is 10.8 Å². The largest absolute Gasteiger partial charge is 0.327 e. The number of likely N-dealkylation sites (tertiary alicyclic amines) is 1. The number of nitrogens with one attached hydrogen (secondary N) is 1. The fourth-order valence-electron chi connectivity index (χ4n) is 2.94. The molecule has 8 heteroatoms. The van der Waals surface area contributed by atoms with Gasteiger partial charge in [-0.3, -0.25) is 9.69 Å². The minimum absolute atomic E-state index is 0.0612. The van der Waals surface area contributed by atoms with Gasteiger partial charge in [0.15, 0.2) is 0 Å². The predicted octanol–water partition coefficient (Wildman–Crippen LogP) is 2.49. The smallest absolute Gasteiger partial charge is 0.286 e. The molecule has 1 saturated heterocycles. The Labute approximate surface area is 150 Å². The van der Waals surface area contributed by atoms with E-state index in [1.54, 1.807) is 0 Å². The summed E-state index contributed by atoms with van der Waals surface area (Å²) in [5.41, 5.74) is 6.75. The first-order valence-electron chi connectivity index (χ1n) is 8.21.